The zero-order chi connectivity index (χ0) is 16.0. The fourth-order valence-corrected chi connectivity index (χ4v) is 5.87. The SMILES string of the molecule is O=S(=O)(c1ccc(Cl)cc1)N1CCN(S(=O)(=O)C2CC2)CC1. The Labute approximate surface area is 135 Å². The van der Waals surface area contributed by atoms with Crippen LogP contribution >= 0.6 is 11.6 Å². The second-order valence-corrected chi connectivity index (χ2v) is 10.1. The molecule has 0 aromatic heterocycles. The molecule has 1 heterocycles. The summed E-state index contributed by atoms with van der Waals surface area (Å²) in [5.74, 6) is 0. The summed E-state index contributed by atoms with van der Waals surface area (Å²) in [6, 6.07) is 5.99. The molecular weight excluding hydrogens is 348 g/mol. The molecule has 6 nitrogen and oxygen atoms in total. The van der Waals surface area contributed by atoms with Gasteiger partial charge >= 0.3 is 0 Å². The Hall–Kier alpha value is -0.670. The number of nitrogens with zero attached hydrogens (tertiary/aromatic N) is 2. The maximum atomic E-state index is 12.5. The van der Waals surface area contributed by atoms with E-state index >= 15 is 0 Å². The molecule has 0 spiro atoms. The van der Waals surface area contributed by atoms with Crippen molar-refractivity contribution >= 4 is 31.6 Å². The van der Waals surface area contributed by atoms with Crippen molar-refractivity contribution in [2.45, 2.75) is 23.0 Å². The number of hydrogen-bond donors (Lipinski definition) is 0. The minimum atomic E-state index is -3.60. The van der Waals surface area contributed by atoms with E-state index in [0.717, 1.165) is 0 Å². The van der Waals surface area contributed by atoms with Gasteiger partial charge in [-0.15, -0.1) is 0 Å². The minimum absolute atomic E-state index is 0.176. The first-order valence-electron chi connectivity index (χ1n) is 7.06. The van der Waals surface area contributed by atoms with Crippen LogP contribution in [0.4, 0.5) is 0 Å². The lowest BCUT2D eigenvalue weighted by molar-refractivity contribution is 0.272. The van der Waals surface area contributed by atoms with E-state index in [9.17, 15) is 16.8 Å². The highest BCUT2D eigenvalue weighted by Gasteiger charge is 2.42. The first kappa shape index (κ1) is 16.2. The lowest BCUT2D eigenvalue weighted by Gasteiger charge is -2.33. The maximum Gasteiger partial charge on any atom is 0.243 e. The standard InChI is InChI=1S/C13H17ClN2O4S2/c14-11-1-3-12(4-2-11)21(17,18)15-7-9-16(10-8-15)22(19,20)13-5-6-13/h1-4,13H,5-10H2. The molecular formula is C13H17ClN2O4S2. The molecule has 1 aliphatic carbocycles. The van der Waals surface area contributed by atoms with E-state index in [1.54, 1.807) is 0 Å². The van der Waals surface area contributed by atoms with Gasteiger partial charge < -0.3 is 0 Å². The lowest BCUT2D eigenvalue weighted by atomic mass is 10.4. The van der Waals surface area contributed by atoms with Crippen LogP contribution in [0.3, 0.4) is 0 Å². The highest BCUT2D eigenvalue weighted by molar-refractivity contribution is 7.90. The highest BCUT2D eigenvalue weighted by Crippen LogP contribution is 2.31. The van der Waals surface area contributed by atoms with Crippen molar-refractivity contribution in [3.05, 3.63) is 29.3 Å². The van der Waals surface area contributed by atoms with Crippen LogP contribution in [0.2, 0.25) is 5.02 Å². The van der Waals surface area contributed by atoms with Crippen molar-refractivity contribution in [1.82, 2.24) is 8.61 Å². The van der Waals surface area contributed by atoms with E-state index in [1.165, 1.54) is 32.9 Å². The van der Waals surface area contributed by atoms with E-state index in [4.69, 9.17) is 11.6 Å². The molecule has 1 saturated carbocycles. The number of hydrogen-bond acceptors (Lipinski definition) is 4. The van der Waals surface area contributed by atoms with Gasteiger partial charge in [-0.25, -0.2) is 16.8 Å². The molecule has 0 amide bonds. The van der Waals surface area contributed by atoms with Gasteiger partial charge in [0.15, 0.2) is 0 Å². The van der Waals surface area contributed by atoms with E-state index in [1.807, 2.05) is 0 Å². The van der Waals surface area contributed by atoms with Gasteiger partial charge in [-0.1, -0.05) is 11.6 Å². The van der Waals surface area contributed by atoms with Crippen LogP contribution in [0.1, 0.15) is 12.8 Å². The van der Waals surface area contributed by atoms with Crippen molar-refractivity contribution in [2.75, 3.05) is 26.2 Å². The van der Waals surface area contributed by atoms with Crippen LogP contribution < -0.4 is 0 Å². The van der Waals surface area contributed by atoms with E-state index in [2.05, 4.69) is 0 Å². The van der Waals surface area contributed by atoms with Crippen LogP contribution in [-0.4, -0.2) is 56.9 Å². The number of piperazine rings is 1. The second kappa shape index (κ2) is 5.76. The van der Waals surface area contributed by atoms with Gasteiger partial charge in [-0.2, -0.15) is 8.61 Å². The lowest BCUT2D eigenvalue weighted by Crippen LogP contribution is -2.51. The zero-order valence-electron chi connectivity index (χ0n) is 11.9. The quantitative estimate of drug-likeness (QED) is 0.802. The largest absolute Gasteiger partial charge is 0.243 e. The van der Waals surface area contributed by atoms with E-state index in [-0.39, 0.29) is 36.3 Å². The van der Waals surface area contributed by atoms with E-state index < -0.39 is 20.0 Å². The summed E-state index contributed by atoms with van der Waals surface area (Å²) in [6.45, 7) is 0.783. The second-order valence-electron chi connectivity index (χ2n) is 5.50. The molecule has 0 unspecified atom stereocenters. The Morgan fingerprint density at radius 1 is 0.864 bits per heavy atom. The average Bonchev–Trinajstić information content (AvgIpc) is 3.33. The van der Waals surface area contributed by atoms with Crippen molar-refractivity contribution in [2.24, 2.45) is 0 Å². The molecule has 0 atom stereocenters. The van der Waals surface area contributed by atoms with Crippen LogP contribution in [-0.2, 0) is 20.0 Å². The van der Waals surface area contributed by atoms with Crippen molar-refractivity contribution in [1.29, 1.82) is 0 Å². The van der Waals surface area contributed by atoms with Crippen LogP contribution in [0.15, 0.2) is 29.2 Å². The summed E-state index contributed by atoms with van der Waals surface area (Å²) in [6.07, 6.45) is 1.43. The van der Waals surface area contributed by atoms with Gasteiger partial charge in [0.2, 0.25) is 20.0 Å². The number of benzene rings is 1. The molecule has 2 fully saturated rings. The van der Waals surface area contributed by atoms with Gasteiger partial charge in [0.05, 0.1) is 10.1 Å². The number of rotatable bonds is 4. The number of sulfonamides is 2. The molecule has 9 heteroatoms. The third-order valence-electron chi connectivity index (χ3n) is 3.95. The van der Waals surface area contributed by atoms with E-state index in [0.29, 0.717) is 17.9 Å². The topological polar surface area (TPSA) is 74.8 Å². The Balaban J connectivity index is 1.71. The van der Waals surface area contributed by atoms with Gasteiger partial charge in [-0.05, 0) is 37.1 Å². The summed E-state index contributed by atoms with van der Waals surface area (Å²) in [7, 11) is -6.83. The average molecular weight is 365 g/mol. The van der Waals surface area contributed by atoms with Crippen molar-refractivity contribution in [3.8, 4) is 0 Å². The molecule has 0 N–H and O–H groups in total. The summed E-state index contributed by atoms with van der Waals surface area (Å²) in [5.41, 5.74) is 0. The Morgan fingerprint density at radius 3 is 1.86 bits per heavy atom. The summed E-state index contributed by atoms with van der Waals surface area (Å²) in [5, 5.41) is 0.214. The van der Waals surface area contributed by atoms with Gasteiger partial charge in [0.25, 0.3) is 0 Å². The van der Waals surface area contributed by atoms with Gasteiger partial charge in [0, 0.05) is 31.2 Å². The van der Waals surface area contributed by atoms with Crippen LogP contribution in [0.5, 0.6) is 0 Å². The number of halogens is 1. The van der Waals surface area contributed by atoms with Gasteiger partial charge in [0.1, 0.15) is 0 Å². The summed E-state index contributed by atoms with van der Waals surface area (Å²) >= 11 is 5.77. The predicted octanol–water partition coefficient (Wildman–Crippen LogP) is 1.14. The molecule has 1 aromatic rings. The monoisotopic (exact) mass is 364 g/mol. The Kier molecular flexibility index (Phi) is 4.24. The van der Waals surface area contributed by atoms with Gasteiger partial charge in [-0.3, -0.25) is 0 Å². The van der Waals surface area contributed by atoms with Crippen LogP contribution in [0, 0.1) is 0 Å². The maximum absolute atomic E-state index is 12.5. The molecule has 2 aliphatic rings. The van der Waals surface area contributed by atoms with Crippen LogP contribution in [0.25, 0.3) is 0 Å². The molecule has 0 bridgehead atoms. The molecule has 1 aromatic carbocycles. The third-order valence-corrected chi connectivity index (χ3v) is 8.52. The molecule has 122 valence electrons. The Morgan fingerprint density at radius 2 is 1.36 bits per heavy atom. The zero-order valence-corrected chi connectivity index (χ0v) is 14.2. The summed E-state index contributed by atoms with van der Waals surface area (Å²) < 4.78 is 52.1. The molecule has 1 aliphatic heterocycles. The fourth-order valence-electron chi connectivity index (χ4n) is 2.50. The van der Waals surface area contributed by atoms with Crippen molar-refractivity contribution < 1.29 is 16.8 Å². The highest BCUT2D eigenvalue weighted by atomic mass is 35.5. The molecule has 22 heavy (non-hydrogen) atoms. The first-order chi connectivity index (χ1) is 10.3. The Bertz CT molecular complexity index is 750. The third kappa shape index (κ3) is 3.03. The molecule has 0 radical (unpaired) electrons. The molecule has 1 saturated heterocycles. The predicted molar refractivity (Wildman–Crippen MR) is 83.7 cm³/mol. The minimum Gasteiger partial charge on any atom is -0.212 e. The molecule has 3 rings (SSSR count). The first-order valence-corrected chi connectivity index (χ1v) is 10.4. The fraction of sp³-hybridized carbons (Fsp3) is 0.538. The normalized spacial score (nSPS) is 21.9. The summed E-state index contributed by atoms with van der Waals surface area (Å²) in [4.78, 5) is 0.176. The smallest absolute Gasteiger partial charge is 0.212 e. The van der Waals surface area contributed by atoms with Crippen molar-refractivity contribution in [3.63, 3.8) is 0 Å².